The Bertz CT molecular complexity index is 460. The number of hydrogen-bond donors (Lipinski definition) is 2. The van der Waals surface area contributed by atoms with Crippen molar-refractivity contribution in [3.63, 3.8) is 0 Å². The molecule has 2 amide bonds. The first kappa shape index (κ1) is 16.1. The number of aliphatic hydroxyl groups is 1. The van der Waals surface area contributed by atoms with E-state index >= 15 is 0 Å². The maximum atomic E-state index is 12.7. The fourth-order valence-corrected chi connectivity index (χ4v) is 1.64. The van der Waals surface area contributed by atoms with Crippen LogP contribution in [0.3, 0.4) is 0 Å². The molecular formula is C14H19FN2O3. The van der Waals surface area contributed by atoms with E-state index in [9.17, 15) is 19.1 Å². The molecule has 2 N–H and O–H groups in total. The molecule has 0 heterocycles. The number of carbonyl (C=O) groups excluding carboxylic acids is 2. The van der Waals surface area contributed by atoms with Crippen molar-refractivity contribution in [1.29, 1.82) is 0 Å². The maximum Gasteiger partial charge on any atom is 0.251 e. The van der Waals surface area contributed by atoms with Crippen LogP contribution in [0.25, 0.3) is 0 Å². The second kappa shape index (κ2) is 7.59. The highest BCUT2D eigenvalue weighted by atomic mass is 19.1. The number of hydrogen-bond acceptors (Lipinski definition) is 3. The lowest BCUT2D eigenvalue weighted by Crippen LogP contribution is -2.44. The van der Waals surface area contributed by atoms with Gasteiger partial charge in [0.1, 0.15) is 11.9 Å². The van der Waals surface area contributed by atoms with Crippen LogP contribution in [-0.2, 0) is 16.1 Å². The van der Waals surface area contributed by atoms with Crippen molar-refractivity contribution in [1.82, 2.24) is 10.2 Å². The number of likely N-dealkylation sites (N-methyl/N-ethyl adjacent to an activating group) is 1. The summed E-state index contributed by atoms with van der Waals surface area (Å²) in [4.78, 5) is 24.6. The molecule has 1 aromatic rings. The van der Waals surface area contributed by atoms with Crippen molar-refractivity contribution in [2.75, 3.05) is 13.1 Å². The summed E-state index contributed by atoms with van der Waals surface area (Å²) in [6.07, 6.45) is -1.13. The number of benzene rings is 1. The van der Waals surface area contributed by atoms with Crippen molar-refractivity contribution >= 4 is 11.8 Å². The van der Waals surface area contributed by atoms with Gasteiger partial charge in [0.05, 0.1) is 6.54 Å². The Kier molecular flexibility index (Phi) is 6.11. The lowest BCUT2D eigenvalue weighted by atomic mass is 10.2. The fourth-order valence-electron chi connectivity index (χ4n) is 1.64. The zero-order valence-electron chi connectivity index (χ0n) is 11.6. The van der Waals surface area contributed by atoms with Crippen LogP contribution in [-0.4, -0.2) is 41.0 Å². The predicted molar refractivity (Wildman–Crippen MR) is 72.2 cm³/mol. The van der Waals surface area contributed by atoms with Crippen LogP contribution in [0, 0.1) is 5.82 Å². The summed E-state index contributed by atoms with van der Waals surface area (Å²) >= 11 is 0. The molecule has 0 aliphatic heterocycles. The van der Waals surface area contributed by atoms with Gasteiger partial charge in [0.25, 0.3) is 5.91 Å². The minimum Gasteiger partial charge on any atom is -0.384 e. The molecule has 1 unspecified atom stereocenters. The first-order valence-corrected chi connectivity index (χ1v) is 6.42. The second-order valence-electron chi connectivity index (χ2n) is 4.43. The Morgan fingerprint density at radius 1 is 1.35 bits per heavy atom. The summed E-state index contributed by atoms with van der Waals surface area (Å²) in [5.41, 5.74) is 0.768. The third kappa shape index (κ3) is 4.97. The molecule has 110 valence electrons. The topological polar surface area (TPSA) is 69.6 Å². The Morgan fingerprint density at radius 3 is 2.45 bits per heavy atom. The van der Waals surface area contributed by atoms with E-state index in [0.29, 0.717) is 6.54 Å². The third-order valence-corrected chi connectivity index (χ3v) is 2.79. The van der Waals surface area contributed by atoms with Gasteiger partial charge in [0.2, 0.25) is 5.91 Å². The number of carbonyl (C=O) groups is 2. The van der Waals surface area contributed by atoms with Crippen molar-refractivity contribution in [2.24, 2.45) is 0 Å². The van der Waals surface area contributed by atoms with Crippen molar-refractivity contribution in [2.45, 2.75) is 26.5 Å². The summed E-state index contributed by atoms with van der Waals surface area (Å²) in [5, 5.41) is 11.9. The molecular weight excluding hydrogens is 263 g/mol. The molecule has 1 rings (SSSR count). The van der Waals surface area contributed by atoms with Crippen LogP contribution < -0.4 is 5.32 Å². The van der Waals surface area contributed by atoms with Gasteiger partial charge in [-0.2, -0.15) is 0 Å². The van der Waals surface area contributed by atoms with Crippen LogP contribution in [0.1, 0.15) is 19.4 Å². The molecule has 0 aromatic heterocycles. The monoisotopic (exact) mass is 282 g/mol. The highest BCUT2D eigenvalue weighted by Crippen LogP contribution is 2.02. The van der Waals surface area contributed by atoms with E-state index in [1.54, 1.807) is 19.1 Å². The molecule has 0 radical (unpaired) electrons. The Hall–Kier alpha value is -1.95. The van der Waals surface area contributed by atoms with E-state index < -0.39 is 12.0 Å². The van der Waals surface area contributed by atoms with E-state index in [4.69, 9.17) is 0 Å². The molecule has 1 atom stereocenters. The third-order valence-electron chi connectivity index (χ3n) is 2.79. The zero-order chi connectivity index (χ0) is 15.1. The zero-order valence-corrected chi connectivity index (χ0v) is 11.6. The van der Waals surface area contributed by atoms with Crippen LogP contribution in [0.4, 0.5) is 4.39 Å². The normalized spacial score (nSPS) is 11.8. The number of halogens is 1. The number of amides is 2. The van der Waals surface area contributed by atoms with Gasteiger partial charge in [-0.1, -0.05) is 12.1 Å². The van der Waals surface area contributed by atoms with Crippen LogP contribution in [0.5, 0.6) is 0 Å². The van der Waals surface area contributed by atoms with Gasteiger partial charge in [0.15, 0.2) is 0 Å². The van der Waals surface area contributed by atoms with Gasteiger partial charge in [-0.3, -0.25) is 9.59 Å². The van der Waals surface area contributed by atoms with Gasteiger partial charge < -0.3 is 15.3 Å². The van der Waals surface area contributed by atoms with Crippen LogP contribution in [0.2, 0.25) is 0 Å². The average Bonchev–Trinajstić information content (AvgIpc) is 2.43. The lowest BCUT2D eigenvalue weighted by molar-refractivity contribution is -0.142. The molecule has 0 aliphatic rings. The SMILES string of the molecule is CCN(CC(=O)NCc1ccc(F)cc1)C(=O)C(C)O. The summed E-state index contributed by atoms with van der Waals surface area (Å²) in [5.74, 6) is -1.14. The standard InChI is InChI=1S/C14H19FN2O3/c1-3-17(14(20)10(2)18)9-13(19)16-8-11-4-6-12(15)7-5-11/h4-7,10,18H,3,8-9H2,1-2H3,(H,16,19). The van der Waals surface area contributed by atoms with Crippen molar-refractivity contribution in [3.8, 4) is 0 Å². The number of rotatable bonds is 6. The van der Waals surface area contributed by atoms with Crippen molar-refractivity contribution < 1.29 is 19.1 Å². The van der Waals surface area contributed by atoms with E-state index in [1.807, 2.05) is 0 Å². The molecule has 0 aliphatic carbocycles. The first-order valence-electron chi connectivity index (χ1n) is 6.42. The summed E-state index contributed by atoms with van der Waals surface area (Å²) in [7, 11) is 0. The van der Waals surface area contributed by atoms with Crippen LogP contribution in [0.15, 0.2) is 24.3 Å². The molecule has 1 aromatic carbocycles. The largest absolute Gasteiger partial charge is 0.384 e. The summed E-state index contributed by atoms with van der Waals surface area (Å²) in [6.45, 7) is 3.59. The maximum absolute atomic E-state index is 12.7. The second-order valence-corrected chi connectivity index (χ2v) is 4.43. The molecule has 0 fully saturated rings. The smallest absolute Gasteiger partial charge is 0.251 e. The van der Waals surface area contributed by atoms with Gasteiger partial charge in [-0.05, 0) is 31.5 Å². The Balaban J connectivity index is 2.46. The molecule has 5 nitrogen and oxygen atoms in total. The highest BCUT2D eigenvalue weighted by molar-refractivity contribution is 5.86. The van der Waals surface area contributed by atoms with Crippen LogP contribution >= 0.6 is 0 Å². The molecule has 0 bridgehead atoms. The molecule has 6 heteroatoms. The molecule has 0 saturated heterocycles. The average molecular weight is 282 g/mol. The minimum absolute atomic E-state index is 0.110. The lowest BCUT2D eigenvalue weighted by Gasteiger charge is -2.21. The quantitative estimate of drug-likeness (QED) is 0.806. The Labute approximate surface area is 117 Å². The van der Waals surface area contributed by atoms with Gasteiger partial charge in [0, 0.05) is 13.1 Å². The van der Waals surface area contributed by atoms with Gasteiger partial charge in [-0.25, -0.2) is 4.39 Å². The number of aliphatic hydroxyl groups excluding tert-OH is 1. The number of nitrogens with zero attached hydrogens (tertiary/aromatic N) is 1. The minimum atomic E-state index is -1.13. The summed E-state index contributed by atoms with van der Waals surface area (Å²) < 4.78 is 12.7. The highest BCUT2D eigenvalue weighted by Gasteiger charge is 2.19. The Morgan fingerprint density at radius 2 is 1.95 bits per heavy atom. The molecule has 20 heavy (non-hydrogen) atoms. The molecule has 0 spiro atoms. The molecule has 0 saturated carbocycles. The fraction of sp³-hybridized carbons (Fsp3) is 0.429. The predicted octanol–water partition coefficient (Wildman–Crippen LogP) is 0.671. The van der Waals surface area contributed by atoms with Crippen molar-refractivity contribution in [3.05, 3.63) is 35.6 Å². The van der Waals surface area contributed by atoms with E-state index in [2.05, 4.69) is 5.32 Å². The van der Waals surface area contributed by atoms with Gasteiger partial charge >= 0.3 is 0 Å². The van der Waals surface area contributed by atoms with Gasteiger partial charge in [-0.15, -0.1) is 0 Å². The summed E-state index contributed by atoms with van der Waals surface area (Å²) in [6, 6.07) is 5.79. The van der Waals surface area contributed by atoms with E-state index in [1.165, 1.54) is 24.0 Å². The van der Waals surface area contributed by atoms with E-state index in [-0.39, 0.29) is 24.8 Å². The number of nitrogens with one attached hydrogen (secondary N) is 1. The first-order chi connectivity index (χ1) is 9.43. The van der Waals surface area contributed by atoms with E-state index in [0.717, 1.165) is 5.56 Å².